The van der Waals surface area contributed by atoms with Gasteiger partial charge in [-0.3, -0.25) is 0 Å². The second kappa shape index (κ2) is 12.9. The van der Waals surface area contributed by atoms with Crippen molar-refractivity contribution in [2.45, 2.75) is 90.6 Å². The molecule has 0 heterocycles. The lowest BCUT2D eigenvalue weighted by Crippen LogP contribution is -2.18. The van der Waals surface area contributed by atoms with Crippen LogP contribution in [0.25, 0.3) is 0 Å². The molecule has 0 aromatic rings. The number of hydrogen-bond acceptors (Lipinski definition) is 2. The monoisotopic (exact) mass is 253 g/mol. The van der Waals surface area contributed by atoms with Crippen molar-refractivity contribution in [3.63, 3.8) is 0 Å². The zero-order valence-corrected chi connectivity index (χ0v) is 12.3. The van der Waals surface area contributed by atoms with E-state index in [0.29, 0.717) is 0 Å². The second-order valence-corrected chi connectivity index (χ2v) is 5.36. The first-order chi connectivity index (χ1) is 8.76. The van der Waals surface area contributed by atoms with Crippen LogP contribution in [-0.4, -0.2) is 11.2 Å². The molecule has 2 atom stereocenters. The van der Waals surface area contributed by atoms with Crippen LogP contribution in [0.3, 0.4) is 0 Å². The van der Waals surface area contributed by atoms with Crippen molar-refractivity contribution in [2.24, 2.45) is 5.92 Å². The predicted molar refractivity (Wildman–Crippen MR) is 77.2 cm³/mol. The first-order valence-electron chi connectivity index (χ1n) is 7.83. The number of nitrogens with zero attached hydrogens (tertiary/aromatic N) is 1. The molecular formula is C16H31NO. The Hall–Kier alpha value is -0.550. The third-order valence-electron chi connectivity index (χ3n) is 3.58. The number of unbranched alkanes of at least 4 members (excludes halogenated alkanes) is 7. The van der Waals surface area contributed by atoms with Crippen LogP contribution in [0.15, 0.2) is 0 Å². The highest BCUT2D eigenvalue weighted by molar-refractivity contribution is 4.87. The minimum atomic E-state index is -0.412. The molecule has 0 aliphatic carbocycles. The summed E-state index contributed by atoms with van der Waals surface area (Å²) >= 11 is 0. The van der Waals surface area contributed by atoms with Crippen LogP contribution >= 0.6 is 0 Å². The van der Waals surface area contributed by atoms with E-state index in [1.165, 1.54) is 44.9 Å². The minimum Gasteiger partial charge on any atom is -0.392 e. The summed E-state index contributed by atoms with van der Waals surface area (Å²) in [5.41, 5.74) is 0. The molecule has 0 aromatic carbocycles. The van der Waals surface area contributed by atoms with Crippen LogP contribution in [0.2, 0.25) is 0 Å². The summed E-state index contributed by atoms with van der Waals surface area (Å²) < 4.78 is 0. The van der Waals surface area contributed by atoms with Gasteiger partial charge in [0, 0.05) is 0 Å². The quantitative estimate of drug-likeness (QED) is 0.507. The number of rotatable bonds is 12. The lowest BCUT2D eigenvalue weighted by molar-refractivity contribution is 0.117. The van der Waals surface area contributed by atoms with Crippen LogP contribution in [0.1, 0.15) is 84.5 Å². The maximum Gasteiger partial charge on any atom is 0.0722 e. The Bertz CT molecular complexity index is 210. The number of hydrogen-bond donors (Lipinski definition) is 1. The maximum atomic E-state index is 9.79. The van der Waals surface area contributed by atoms with E-state index >= 15 is 0 Å². The fraction of sp³-hybridized carbons (Fsp3) is 0.938. The molecule has 2 unspecified atom stereocenters. The van der Waals surface area contributed by atoms with Crippen LogP contribution in [0.4, 0.5) is 0 Å². The summed E-state index contributed by atoms with van der Waals surface area (Å²) in [6.07, 6.45) is 12.5. The van der Waals surface area contributed by atoms with Crippen molar-refractivity contribution in [3.05, 3.63) is 0 Å². The molecule has 106 valence electrons. The van der Waals surface area contributed by atoms with E-state index in [0.717, 1.165) is 25.7 Å². The normalized spacial score (nSPS) is 14.1. The molecule has 18 heavy (non-hydrogen) atoms. The van der Waals surface area contributed by atoms with E-state index < -0.39 is 6.10 Å². The number of aliphatic hydroxyl groups excluding tert-OH is 1. The molecule has 0 saturated carbocycles. The standard InChI is InChI=1S/C16H31NO/c1-3-5-6-7-8-9-10-11-13-15(14-17)16(18)12-4-2/h15-16,18H,3-13H2,1-2H3. The van der Waals surface area contributed by atoms with Gasteiger partial charge < -0.3 is 5.11 Å². The molecule has 0 aliphatic heterocycles. The predicted octanol–water partition coefficient (Wildman–Crippen LogP) is 4.82. The topological polar surface area (TPSA) is 44.0 Å². The molecule has 2 nitrogen and oxygen atoms in total. The van der Waals surface area contributed by atoms with Crippen LogP contribution < -0.4 is 0 Å². The van der Waals surface area contributed by atoms with Crippen molar-refractivity contribution < 1.29 is 5.11 Å². The fourth-order valence-corrected chi connectivity index (χ4v) is 2.34. The molecule has 0 saturated heterocycles. The highest BCUT2D eigenvalue weighted by Gasteiger charge is 2.16. The summed E-state index contributed by atoms with van der Waals surface area (Å²) in [6.45, 7) is 4.29. The summed E-state index contributed by atoms with van der Waals surface area (Å²) in [5.74, 6) is -0.148. The third-order valence-corrected chi connectivity index (χ3v) is 3.58. The Morgan fingerprint density at radius 3 is 1.89 bits per heavy atom. The van der Waals surface area contributed by atoms with E-state index in [2.05, 4.69) is 13.0 Å². The van der Waals surface area contributed by atoms with E-state index in [1.807, 2.05) is 6.92 Å². The van der Waals surface area contributed by atoms with Crippen molar-refractivity contribution in [3.8, 4) is 6.07 Å². The van der Waals surface area contributed by atoms with Gasteiger partial charge in [0.25, 0.3) is 0 Å². The Balaban J connectivity index is 3.43. The molecule has 0 aliphatic rings. The van der Waals surface area contributed by atoms with Gasteiger partial charge in [0.1, 0.15) is 0 Å². The molecular weight excluding hydrogens is 222 g/mol. The average molecular weight is 253 g/mol. The highest BCUT2D eigenvalue weighted by Crippen LogP contribution is 2.18. The zero-order chi connectivity index (χ0) is 13.6. The smallest absolute Gasteiger partial charge is 0.0722 e. The van der Waals surface area contributed by atoms with Crippen molar-refractivity contribution in [2.75, 3.05) is 0 Å². The zero-order valence-electron chi connectivity index (χ0n) is 12.3. The average Bonchev–Trinajstić information content (AvgIpc) is 2.37. The maximum absolute atomic E-state index is 9.79. The highest BCUT2D eigenvalue weighted by atomic mass is 16.3. The second-order valence-electron chi connectivity index (χ2n) is 5.36. The number of aliphatic hydroxyl groups is 1. The first-order valence-corrected chi connectivity index (χ1v) is 7.83. The van der Waals surface area contributed by atoms with Gasteiger partial charge in [-0.25, -0.2) is 0 Å². The van der Waals surface area contributed by atoms with Crippen LogP contribution in [0.5, 0.6) is 0 Å². The van der Waals surface area contributed by atoms with Gasteiger partial charge in [0.2, 0.25) is 0 Å². The molecule has 1 N–H and O–H groups in total. The minimum absolute atomic E-state index is 0.148. The van der Waals surface area contributed by atoms with Gasteiger partial charge in [-0.15, -0.1) is 0 Å². The summed E-state index contributed by atoms with van der Waals surface area (Å²) in [7, 11) is 0. The Morgan fingerprint density at radius 2 is 1.39 bits per heavy atom. The molecule has 0 rings (SSSR count). The first kappa shape index (κ1) is 17.4. The van der Waals surface area contributed by atoms with E-state index in [4.69, 9.17) is 5.26 Å². The van der Waals surface area contributed by atoms with Crippen molar-refractivity contribution in [1.82, 2.24) is 0 Å². The van der Waals surface area contributed by atoms with Crippen LogP contribution in [-0.2, 0) is 0 Å². The molecule has 0 aromatic heterocycles. The molecule has 0 spiro atoms. The summed E-state index contributed by atoms with van der Waals surface area (Å²) in [6, 6.07) is 2.26. The molecule has 0 amide bonds. The van der Waals surface area contributed by atoms with E-state index in [9.17, 15) is 5.11 Å². The van der Waals surface area contributed by atoms with Gasteiger partial charge in [0.15, 0.2) is 0 Å². The molecule has 0 fully saturated rings. The van der Waals surface area contributed by atoms with Gasteiger partial charge in [-0.2, -0.15) is 5.26 Å². The van der Waals surface area contributed by atoms with Gasteiger partial charge in [-0.1, -0.05) is 71.6 Å². The van der Waals surface area contributed by atoms with Crippen LogP contribution in [0, 0.1) is 17.2 Å². The van der Waals surface area contributed by atoms with Crippen molar-refractivity contribution in [1.29, 1.82) is 5.26 Å². The lowest BCUT2D eigenvalue weighted by atomic mass is 9.94. The fourth-order valence-electron chi connectivity index (χ4n) is 2.34. The van der Waals surface area contributed by atoms with Gasteiger partial charge in [0.05, 0.1) is 18.1 Å². The van der Waals surface area contributed by atoms with Crippen molar-refractivity contribution >= 4 is 0 Å². The Morgan fingerprint density at radius 1 is 0.833 bits per heavy atom. The Labute approximate surface area is 113 Å². The molecule has 2 heteroatoms. The Kier molecular flexibility index (Phi) is 12.5. The largest absolute Gasteiger partial charge is 0.392 e. The van der Waals surface area contributed by atoms with Gasteiger partial charge in [-0.05, 0) is 12.8 Å². The molecule has 0 radical (unpaired) electrons. The van der Waals surface area contributed by atoms with Gasteiger partial charge >= 0.3 is 0 Å². The summed E-state index contributed by atoms with van der Waals surface area (Å²) in [5, 5.41) is 18.8. The van der Waals surface area contributed by atoms with E-state index in [1.54, 1.807) is 0 Å². The summed E-state index contributed by atoms with van der Waals surface area (Å²) in [4.78, 5) is 0. The lowest BCUT2D eigenvalue weighted by Gasteiger charge is -2.15. The van der Waals surface area contributed by atoms with E-state index in [-0.39, 0.29) is 5.92 Å². The SMILES string of the molecule is CCCCCCCCCCC(C#N)C(O)CCC. The molecule has 0 bridgehead atoms. The third kappa shape index (κ3) is 9.48. The number of nitriles is 1.